The van der Waals surface area contributed by atoms with E-state index >= 15 is 0 Å². The van der Waals surface area contributed by atoms with Crippen LogP contribution in [-0.4, -0.2) is 9.78 Å². The molecule has 2 rings (SSSR count). The molecule has 98 valence electrons. The summed E-state index contributed by atoms with van der Waals surface area (Å²) >= 11 is 0. The minimum Gasteiger partial charge on any atom is -0.276 e. The zero-order chi connectivity index (χ0) is 13.6. The van der Waals surface area contributed by atoms with Crippen molar-refractivity contribution in [3.63, 3.8) is 0 Å². The maximum absolute atomic E-state index is 3.93. The molecule has 2 nitrogen and oxygen atoms in total. The molecule has 1 aromatic heterocycles. The van der Waals surface area contributed by atoms with Gasteiger partial charge in [0.15, 0.2) is 0 Å². The molecule has 0 fully saturated rings. The predicted molar refractivity (Wildman–Crippen MR) is 77.7 cm³/mol. The third kappa shape index (κ3) is 4.36. The molecule has 0 saturated carbocycles. The minimum absolute atomic E-state index is 0.335. The highest BCUT2D eigenvalue weighted by Gasteiger charge is 2.16. The molecule has 2 aromatic rings. The molecule has 0 N–H and O–H groups in total. The molecular weight excluding hydrogens is 220 g/mol. The molecule has 1 heterocycles. The van der Waals surface area contributed by atoms with Crippen LogP contribution in [0.4, 0.5) is 0 Å². The van der Waals surface area contributed by atoms with Crippen LogP contribution in [0.2, 0.25) is 0 Å². The van der Waals surface area contributed by atoms with E-state index in [0.717, 1.165) is 0 Å². The van der Waals surface area contributed by atoms with Gasteiger partial charge in [-0.2, -0.15) is 5.10 Å². The van der Waals surface area contributed by atoms with Crippen molar-refractivity contribution in [3.8, 4) is 0 Å². The van der Waals surface area contributed by atoms with Crippen molar-refractivity contribution in [2.24, 2.45) is 7.05 Å². The highest BCUT2D eigenvalue weighted by molar-refractivity contribution is 5.22. The largest absolute Gasteiger partial charge is 0.276 e. The molecule has 0 saturated heterocycles. The summed E-state index contributed by atoms with van der Waals surface area (Å²) in [6.45, 7) is 8.81. The molecule has 18 heavy (non-hydrogen) atoms. The first-order chi connectivity index (χ1) is 8.45. The standard InChI is InChI=1S/C11H16.C5H8N2/c1-4-11(2,3)10-8-6-5-7-9-10;1-5-3-6-7(2)4-5/h5-9H,4H2,1-3H3;3-4H,1-2H3. The summed E-state index contributed by atoms with van der Waals surface area (Å²) in [6.07, 6.45) is 5.00. The molecule has 0 aliphatic rings. The Balaban J connectivity index is 0.000000199. The van der Waals surface area contributed by atoms with Crippen molar-refractivity contribution in [1.29, 1.82) is 0 Å². The summed E-state index contributed by atoms with van der Waals surface area (Å²) in [6, 6.07) is 10.7. The number of aromatic nitrogens is 2. The van der Waals surface area contributed by atoms with Crippen LogP contribution in [-0.2, 0) is 12.5 Å². The van der Waals surface area contributed by atoms with Gasteiger partial charge in [0.1, 0.15) is 0 Å². The smallest absolute Gasteiger partial charge is 0.0518 e. The summed E-state index contributed by atoms with van der Waals surface area (Å²) in [5.41, 5.74) is 2.98. The molecule has 0 radical (unpaired) electrons. The van der Waals surface area contributed by atoms with E-state index in [1.807, 2.05) is 26.4 Å². The Morgan fingerprint density at radius 1 is 1.17 bits per heavy atom. The van der Waals surface area contributed by atoms with Crippen LogP contribution in [0.1, 0.15) is 38.3 Å². The van der Waals surface area contributed by atoms with Crippen molar-refractivity contribution < 1.29 is 0 Å². The van der Waals surface area contributed by atoms with Gasteiger partial charge in [-0.25, -0.2) is 0 Å². The SMILES string of the molecule is CCC(C)(C)c1ccccc1.Cc1cnn(C)c1. The molecule has 2 heteroatoms. The molecule has 0 amide bonds. The van der Waals surface area contributed by atoms with Gasteiger partial charge in [0.25, 0.3) is 0 Å². The van der Waals surface area contributed by atoms with Gasteiger partial charge in [0.2, 0.25) is 0 Å². The molecule has 0 bridgehead atoms. The van der Waals surface area contributed by atoms with Crippen LogP contribution in [0.5, 0.6) is 0 Å². The number of hydrogen-bond donors (Lipinski definition) is 0. The number of rotatable bonds is 2. The van der Waals surface area contributed by atoms with Gasteiger partial charge in [-0.1, -0.05) is 51.1 Å². The fourth-order valence-electron chi connectivity index (χ4n) is 1.64. The van der Waals surface area contributed by atoms with Crippen molar-refractivity contribution in [3.05, 3.63) is 53.9 Å². The van der Waals surface area contributed by atoms with E-state index < -0.39 is 0 Å². The van der Waals surface area contributed by atoms with E-state index in [-0.39, 0.29) is 0 Å². The average Bonchev–Trinajstić information content (AvgIpc) is 2.75. The van der Waals surface area contributed by atoms with Crippen molar-refractivity contribution in [1.82, 2.24) is 9.78 Å². The summed E-state index contributed by atoms with van der Waals surface area (Å²) in [5, 5.41) is 3.93. The number of nitrogens with zero attached hydrogens (tertiary/aromatic N) is 2. The second-order valence-corrected chi connectivity index (χ2v) is 5.29. The molecule has 0 unspecified atom stereocenters. The Morgan fingerprint density at radius 2 is 1.78 bits per heavy atom. The summed E-state index contributed by atoms with van der Waals surface area (Å²) in [7, 11) is 1.91. The third-order valence-corrected chi connectivity index (χ3v) is 3.27. The van der Waals surface area contributed by atoms with Crippen LogP contribution < -0.4 is 0 Å². The quantitative estimate of drug-likeness (QED) is 0.777. The van der Waals surface area contributed by atoms with E-state index in [0.29, 0.717) is 5.41 Å². The van der Waals surface area contributed by atoms with Gasteiger partial charge in [0, 0.05) is 13.2 Å². The number of benzene rings is 1. The Hall–Kier alpha value is -1.57. The van der Waals surface area contributed by atoms with Crippen LogP contribution in [0.25, 0.3) is 0 Å². The van der Waals surface area contributed by atoms with Gasteiger partial charge >= 0.3 is 0 Å². The van der Waals surface area contributed by atoms with Gasteiger partial charge in [-0.3, -0.25) is 4.68 Å². The Labute approximate surface area is 111 Å². The fraction of sp³-hybridized carbons (Fsp3) is 0.438. The van der Waals surface area contributed by atoms with Crippen LogP contribution in [0.3, 0.4) is 0 Å². The number of hydrogen-bond acceptors (Lipinski definition) is 1. The zero-order valence-electron chi connectivity index (χ0n) is 12.1. The third-order valence-electron chi connectivity index (χ3n) is 3.27. The van der Waals surface area contributed by atoms with Gasteiger partial charge in [-0.05, 0) is 29.9 Å². The highest BCUT2D eigenvalue weighted by Crippen LogP contribution is 2.25. The Kier molecular flexibility index (Phi) is 5.14. The Morgan fingerprint density at radius 3 is 2.11 bits per heavy atom. The summed E-state index contributed by atoms with van der Waals surface area (Å²) in [4.78, 5) is 0. The minimum atomic E-state index is 0.335. The van der Waals surface area contributed by atoms with Gasteiger partial charge in [0.05, 0.1) is 6.20 Å². The maximum atomic E-state index is 3.93. The molecule has 1 aromatic carbocycles. The summed E-state index contributed by atoms with van der Waals surface area (Å²) < 4.78 is 1.79. The lowest BCUT2D eigenvalue weighted by Crippen LogP contribution is -2.14. The van der Waals surface area contributed by atoms with Crippen LogP contribution >= 0.6 is 0 Å². The first-order valence-electron chi connectivity index (χ1n) is 6.46. The van der Waals surface area contributed by atoms with E-state index in [1.165, 1.54) is 17.5 Å². The van der Waals surface area contributed by atoms with Gasteiger partial charge in [-0.15, -0.1) is 0 Å². The van der Waals surface area contributed by atoms with E-state index in [9.17, 15) is 0 Å². The van der Waals surface area contributed by atoms with Crippen LogP contribution in [0.15, 0.2) is 42.7 Å². The van der Waals surface area contributed by atoms with Crippen LogP contribution in [0, 0.1) is 6.92 Å². The van der Waals surface area contributed by atoms with Gasteiger partial charge < -0.3 is 0 Å². The first-order valence-corrected chi connectivity index (χ1v) is 6.46. The highest BCUT2D eigenvalue weighted by atomic mass is 15.2. The van der Waals surface area contributed by atoms with Crippen molar-refractivity contribution >= 4 is 0 Å². The van der Waals surface area contributed by atoms with E-state index in [4.69, 9.17) is 0 Å². The lowest BCUT2D eigenvalue weighted by molar-refractivity contribution is 0.506. The van der Waals surface area contributed by atoms with Crippen molar-refractivity contribution in [2.75, 3.05) is 0 Å². The predicted octanol–water partition coefficient (Wildman–Crippen LogP) is 4.10. The average molecular weight is 244 g/mol. The second-order valence-electron chi connectivity index (χ2n) is 5.29. The summed E-state index contributed by atoms with van der Waals surface area (Å²) in [5.74, 6) is 0. The van der Waals surface area contributed by atoms with E-state index in [1.54, 1.807) is 4.68 Å². The van der Waals surface area contributed by atoms with E-state index in [2.05, 4.69) is 56.2 Å². The molecular formula is C16H24N2. The monoisotopic (exact) mass is 244 g/mol. The maximum Gasteiger partial charge on any atom is 0.0518 e. The van der Waals surface area contributed by atoms with Crippen molar-refractivity contribution in [2.45, 2.75) is 39.5 Å². The molecule has 0 atom stereocenters. The molecule has 0 spiro atoms. The fourth-order valence-corrected chi connectivity index (χ4v) is 1.64. The first kappa shape index (κ1) is 14.5. The normalized spacial score (nSPS) is 10.7. The molecule has 0 aliphatic carbocycles. The zero-order valence-corrected chi connectivity index (χ0v) is 12.1. The lowest BCUT2D eigenvalue weighted by atomic mass is 9.82. The molecule has 0 aliphatic heterocycles. The number of aryl methyl sites for hydroxylation is 2. The Bertz CT molecular complexity index is 438. The lowest BCUT2D eigenvalue weighted by Gasteiger charge is -2.22. The second kappa shape index (κ2) is 6.39. The topological polar surface area (TPSA) is 17.8 Å².